The zero-order valence-corrected chi connectivity index (χ0v) is 22.6. The predicted octanol–water partition coefficient (Wildman–Crippen LogP) is 5.68. The number of ether oxygens (including phenoxy) is 2. The van der Waals surface area contributed by atoms with Crippen molar-refractivity contribution in [2.45, 2.75) is 44.3 Å². The molecule has 0 saturated carbocycles. The lowest BCUT2D eigenvalue weighted by Crippen LogP contribution is -2.40. The van der Waals surface area contributed by atoms with Crippen LogP contribution in [0.5, 0.6) is 17.2 Å². The van der Waals surface area contributed by atoms with Crippen LogP contribution in [-0.4, -0.2) is 52.6 Å². The highest BCUT2D eigenvalue weighted by Gasteiger charge is 2.36. The van der Waals surface area contributed by atoms with Crippen LogP contribution in [0.4, 0.5) is 13.2 Å². The number of carbonyl (C=O) groups excluding carboxylic acids is 2. The fraction of sp³-hybridized carbons (Fsp3) is 0.367. The van der Waals surface area contributed by atoms with E-state index in [0.29, 0.717) is 61.4 Å². The third-order valence-electron chi connectivity index (χ3n) is 7.72. The molecule has 5 rings (SSSR count). The molecule has 1 saturated heterocycles. The van der Waals surface area contributed by atoms with Crippen LogP contribution in [0.15, 0.2) is 60.7 Å². The predicted molar refractivity (Wildman–Crippen MR) is 146 cm³/mol. The summed E-state index contributed by atoms with van der Waals surface area (Å²) in [5.41, 5.74) is 7.45. The van der Waals surface area contributed by atoms with Gasteiger partial charge in [-0.3, -0.25) is 9.59 Å². The topological polar surface area (TPSA) is 99.7 Å². The summed E-state index contributed by atoms with van der Waals surface area (Å²) in [5.74, 6) is 1.83. The summed E-state index contributed by atoms with van der Waals surface area (Å²) in [7, 11) is 1.60. The SMILES string of the molecule is COc1ccc(Oc2ccc(-c3nc4n(c3C(N)=O)CCCC4C3CCN(C(=O)/C=C/C(F)(F)F)CC3)cc2)cc1. The minimum absolute atomic E-state index is 0.0238. The Labute approximate surface area is 235 Å². The fourth-order valence-corrected chi connectivity index (χ4v) is 5.73. The molecule has 8 nitrogen and oxygen atoms in total. The van der Waals surface area contributed by atoms with Crippen molar-refractivity contribution in [3.8, 4) is 28.5 Å². The molecule has 3 heterocycles. The number of fused-ring (bicyclic) bond motifs is 1. The van der Waals surface area contributed by atoms with Crippen LogP contribution in [-0.2, 0) is 11.3 Å². The van der Waals surface area contributed by atoms with Gasteiger partial charge in [0, 0.05) is 43.3 Å². The normalized spacial score (nSPS) is 17.9. The average Bonchev–Trinajstić information content (AvgIpc) is 3.37. The highest BCUT2D eigenvalue weighted by Crippen LogP contribution is 2.41. The molecule has 0 spiro atoms. The first-order valence-corrected chi connectivity index (χ1v) is 13.5. The van der Waals surface area contributed by atoms with Gasteiger partial charge in [0.25, 0.3) is 5.91 Å². The maximum Gasteiger partial charge on any atom is 0.409 e. The second-order valence-corrected chi connectivity index (χ2v) is 10.3. The van der Waals surface area contributed by atoms with E-state index in [0.717, 1.165) is 30.0 Å². The average molecular weight is 569 g/mol. The van der Waals surface area contributed by atoms with E-state index in [4.69, 9.17) is 20.2 Å². The summed E-state index contributed by atoms with van der Waals surface area (Å²) >= 11 is 0. The van der Waals surface area contributed by atoms with E-state index in [1.807, 2.05) is 28.8 Å². The number of halogens is 3. The van der Waals surface area contributed by atoms with Gasteiger partial charge in [0.05, 0.1) is 7.11 Å². The largest absolute Gasteiger partial charge is 0.497 e. The van der Waals surface area contributed by atoms with Crippen molar-refractivity contribution in [2.24, 2.45) is 11.7 Å². The number of alkyl halides is 3. The summed E-state index contributed by atoms with van der Waals surface area (Å²) in [6.07, 6.45) is -0.960. The number of nitrogens with zero attached hydrogens (tertiary/aromatic N) is 3. The molecule has 11 heteroatoms. The van der Waals surface area contributed by atoms with Gasteiger partial charge in [0.2, 0.25) is 5.91 Å². The first kappa shape index (κ1) is 28.3. The Morgan fingerprint density at radius 3 is 2.15 bits per heavy atom. The van der Waals surface area contributed by atoms with Gasteiger partial charge in [-0.05, 0) is 80.1 Å². The minimum atomic E-state index is -4.52. The van der Waals surface area contributed by atoms with Gasteiger partial charge < -0.3 is 24.7 Å². The molecule has 216 valence electrons. The lowest BCUT2D eigenvalue weighted by atomic mass is 9.79. The van der Waals surface area contributed by atoms with Crippen LogP contribution < -0.4 is 15.2 Å². The maximum atomic E-state index is 12.6. The van der Waals surface area contributed by atoms with Gasteiger partial charge >= 0.3 is 6.18 Å². The third kappa shape index (κ3) is 6.39. The van der Waals surface area contributed by atoms with Crippen molar-refractivity contribution in [3.05, 3.63) is 72.2 Å². The molecular weight excluding hydrogens is 537 g/mol. The minimum Gasteiger partial charge on any atom is -0.497 e. The van der Waals surface area contributed by atoms with E-state index >= 15 is 0 Å². The van der Waals surface area contributed by atoms with Crippen molar-refractivity contribution >= 4 is 11.8 Å². The van der Waals surface area contributed by atoms with Crippen LogP contribution in [0.2, 0.25) is 0 Å². The molecule has 2 aliphatic heterocycles. The second-order valence-electron chi connectivity index (χ2n) is 10.3. The highest BCUT2D eigenvalue weighted by atomic mass is 19.4. The molecule has 1 aromatic heterocycles. The van der Waals surface area contributed by atoms with Crippen LogP contribution in [0.25, 0.3) is 11.3 Å². The van der Waals surface area contributed by atoms with E-state index in [1.165, 1.54) is 4.90 Å². The maximum absolute atomic E-state index is 12.6. The Bertz CT molecular complexity index is 1420. The number of amides is 2. The molecule has 1 fully saturated rings. The second kappa shape index (κ2) is 11.7. The number of benzene rings is 2. The molecule has 0 radical (unpaired) electrons. The molecule has 2 aliphatic rings. The van der Waals surface area contributed by atoms with Crippen LogP contribution in [0, 0.1) is 5.92 Å². The van der Waals surface area contributed by atoms with Gasteiger partial charge in [-0.25, -0.2) is 4.98 Å². The van der Waals surface area contributed by atoms with E-state index in [-0.39, 0.29) is 17.9 Å². The monoisotopic (exact) mass is 568 g/mol. The summed E-state index contributed by atoms with van der Waals surface area (Å²) in [5, 5.41) is 0. The third-order valence-corrected chi connectivity index (χ3v) is 7.72. The molecule has 1 atom stereocenters. The van der Waals surface area contributed by atoms with Crippen molar-refractivity contribution in [1.82, 2.24) is 14.5 Å². The number of hydrogen-bond donors (Lipinski definition) is 1. The van der Waals surface area contributed by atoms with Gasteiger partial charge in [0.15, 0.2) is 0 Å². The number of piperidine rings is 1. The van der Waals surface area contributed by atoms with Gasteiger partial charge in [-0.2, -0.15) is 13.2 Å². The number of allylic oxidation sites excluding steroid dienone is 1. The van der Waals surface area contributed by atoms with Crippen molar-refractivity contribution in [3.63, 3.8) is 0 Å². The zero-order valence-electron chi connectivity index (χ0n) is 22.6. The lowest BCUT2D eigenvalue weighted by molar-refractivity contribution is -0.128. The quantitative estimate of drug-likeness (QED) is 0.370. The van der Waals surface area contributed by atoms with Crippen LogP contribution in [0.1, 0.15) is 47.9 Å². The Balaban J connectivity index is 1.33. The molecular formula is C30H31F3N4O4. The van der Waals surface area contributed by atoms with Gasteiger partial charge in [-0.1, -0.05) is 0 Å². The number of aromatic nitrogens is 2. The molecule has 41 heavy (non-hydrogen) atoms. The van der Waals surface area contributed by atoms with Crippen molar-refractivity contribution in [2.75, 3.05) is 20.2 Å². The summed E-state index contributed by atoms with van der Waals surface area (Å²) in [6.45, 7) is 1.36. The molecule has 3 aromatic rings. The van der Waals surface area contributed by atoms with Crippen LogP contribution >= 0.6 is 0 Å². The van der Waals surface area contributed by atoms with E-state index in [2.05, 4.69) is 0 Å². The molecule has 2 amide bonds. The van der Waals surface area contributed by atoms with Crippen LogP contribution in [0.3, 0.4) is 0 Å². The van der Waals surface area contributed by atoms with Crippen molar-refractivity contribution < 1.29 is 32.2 Å². The Hall–Kier alpha value is -4.28. The summed E-state index contributed by atoms with van der Waals surface area (Å²) in [4.78, 5) is 31.2. The number of rotatable bonds is 7. The Morgan fingerprint density at radius 2 is 1.56 bits per heavy atom. The first-order valence-electron chi connectivity index (χ1n) is 13.5. The zero-order chi connectivity index (χ0) is 29.1. The highest BCUT2D eigenvalue weighted by molar-refractivity contribution is 5.97. The van der Waals surface area contributed by atoms with Crippen molar-refractivity contribution in [1.29, 1.82) is 0 Å². The number of likely N-dealkylation sites (tertiary alicyclic amines) is 1. The number of carbonyl (C=O) groups is 2. The molecule has 0 aliphatic carbocycles. The Kier molecular flexibility index (Phi) is 8.05. The first-order chi connectivity index (χ1) is 19.6. The number of methoxy groups -OCH3 is 1. The molecule has 2 aromatic carbocycles. The number of primary amides is 1. The summed E-state index contributed by atoms with van der Waals surface area (Å²) < 4.78 is 50.4. The summed E-state index contributed by atoms with van der Waals surface area (Å²) in [6, 6.07) is 14.5. The van der Waals surface area contributed by atoms with E-state index in [1.54, 1.807) is 31.4 Å². The van der Waals surface area contributed by atoms with E-state index in [9.17, 15) is 22.8 Å². The Morgan fingerprint density at radius 1 is 0.951 bits per heavy atom. The molecule has 1 unspecified atom stereocenters. The molecule has 2 N–H and O–H groups in total. The van der Waals surface area contributed by atoms with Gasteiger partial charge in [0.1, 0.15) is 34.5 Å². The van der Waals surface area contributed by atoms with E-state index < -0.39 is 18.0 Å². The molecule has 0 bridgehead atoms. The number of nitrogens with two attached hydrogens (primary N) is 1. The standard InChI is InChI=1S/C30H31F3N4O4/c1-40-21-8-10-23(11-9-21)41-22-6-4-20(5-7-22)26-27(28(34)39)37-16-2-3-24(29(37)35-26)19-13-17-36(18-14-19)25(38)12-15-30(31,32)33/h4-12,15,19,24H,2-3,13-14,16-18H2,1H3,(H2,34,39)/b15-12+. The smallest absolute Gasteiger partial charge is 0.409 e. The fourth-order valence-electron chi connectivity index (χ4n) is 5.73. The van der Waals surface area contributed by atoms with Gasteiger partial charge in [-0.15, -0.1) is 0 Å². The number of imidazole rings is 1. The number of hydrogen-bond acceptors (Lipinski definition) is 5. The lowest BCUT2D eigenvalue weighted by Gasteiger charge is -2.37.